The molecular formula is C14H18N2O2S2. The molecule has 0 radical (unpaired) electrons. The van der Waals surface area contributed by atoms with Gasteiger partial charge in [-0.3, -0.25) is 4.79 Å². The lowest BCUT2D eigenvalue weighted by Gasteiger charge is -2.28. The zero-order valence-corrected chi connectivity index (χ0v) is 13.0. The lowest BCUT2D eigenvalue weighted by atomic mass is 9.87. The van der Waals surface area contributed by atoms with Crippen molar-refractivity contribution in [3.8, 4) is 0 Å². The van der Waals surface area contributed by atoms with Gasteiger partial charge < -0.3 is 5.11 Å². The third-order valence-electron chi connectivity index (χ3n) is 3.96. The highest BCUT2D eigenvalue weighted by Gasteiger charge is 2.29. The van der Waals surface area contributed by atoms with Crippen molar-refractivity contribution in [3.05, 3.63) is 23.3 Å². The molecular weight excluding hydrogens is 292 g/mol. The molecule has 1 aliphatic carbocycles. The maximum atomic E-state index is 11.1. The first kappa shape index (κ1) is 14.2. The largest absolute Gasteiger partial charge is 0.481 e. The molecule has 2 heterocycles. The van der Waals surface area contributed by atoms with Crippen molar-refractivity contribution in [1.29, 1.82) is 0 Å². The van der Waals surface area contributed by atoms with Gasteiger partial charge in [0.25, 0.3) is 0 Å². The summed E-state index contributed by atoms with van der Waals surface area (Å²) in [4.78, 5) is 20.3. The van der Waals surface area contributed by atoms with Gasteiger partial charge in [0.1, 0.15) is 5.82 Å². The van der Waals surface area contributed by atoms with Crippen LogP contribution in [-0.2, 0) is 17.6 Å². The van der Waals surface area contributed by atoms with Crippen molar-refractivity contribution in [1.82, 2.24) is 9.97 Å². The van der Waals surface area contributed by atoms with E-state index in [2.05, 4.69) is 11.9 Å². The van der Waals surface area contributed by atoms with E-state index in [-0.39, 0.29) is 5.92 Å². The number of carboxylic acids is 1. The first-order valence-corrected chi connectivity index (χ1v) is 9.05. The van der Waals surface area contributed by atoms with Gasteiger partial charge >= 0.3 is 5.97 Å². The van der Waals surface area contributed by atoms with E-state index in [0.29, 0.717) is 23.3 Å². The van der Waals surface area contributed by atoms with Gasteiger partial charge in [0, 0.05) is 28.6 Å². The number of carbonyl (C=O) groups is 1. The number of nitrogens with zero attached hydrogens (tertiary/aromatic N) is 2. The van der Waals surface area contributed by atoms with Gasteiger partial charge in [-0.1, -0.05) is 6.92 Å². The molecule has 0 amide bonds. The van der Waals surface area contributed by atoms with Gasteiger partial charge in [-0.05, 0) is 24.8 Å². The molecule has 108 valence electrons. The standard InChI is InChI=1S/C14H18N2O2S2/c1-8-12(20-5-4-19-8)13-15-7-10-6-9(14(17)18)2-3-11(10)16-13/h7-9,12H,2-6H2,1H3,(H,17,18). The Labute approximate surface area is 127 Å². The lowest BCUT2D eigenvalue weighted by Crippen LogP contribution is -2.25. The maximum absolute atomic E-state index is 11.1. The van der Waals surface area contributed by atoms with Crippen LogP contribution in [-0.4, -0.2) is 37.8 Å². The van der Waals surface area contributed by atoms with E-state index in [4.69, 9.17) is 10.1 Å². The number of carboxylic acid groups (broad SMARTS) is 1. The third-order valence-corrected chi connectivity index (χ3v) is 7.05. The van der Waals surface area contributed by atoms with E-state index >= 15 is 0 Å². The maximum Gasteiger partial charge on any atom is 0.306 e. The number of aliphatic carboxylic acids is 1. The molecule has 6 heteroatoms. The van der Waals surface area contributed by atoms with Crippen LogP contribution < -0.4 is 0 Å². The first-order valence-electron chi connectivity index (χ1n) is 6.96. The first-order chi connectivity index (χ1) is 9.65. The fourth-order valence-corrected chi connectivity index (χ4v) is 5.48. The van der Waals surface area contributed by atoms with Crippen LogP contribution in [0.25, 0.3) is 0 Å². The molecule has 1 saturated heterocycles. The lowest BCUT2D eigenvalue weighted by molar-refractivity contribution is -0.142. The van der Waals surface area contributed by atoms with Gasteiger partial charge in [0.15, 0.2) is 0 Å². The van der Waals surface area contributed by atoms with Crippen LogP contribution >= 0.6 is 23.5 Å². The number of rotatable bonds is 2. The molecule has 3 atom stereocenters. The molecule has 1 aliphatic heterocycles. The minimum absolute atomic E-state index is 0.268. The van der Waals surface area contributed by atoms with E-state index < -0.39 is 5.97 Å². The molecule has 0 bridgehead atoms. The Bertz CT molecular complexity index is 524. The summed E-state index contributed by atoms with van der Waals surface area (Å²) in [5, 5.41) is 10.0. The second-order valence-electron chi connectivity index (χ2n) is 5.35. The van der Waals surface area contributed by atoms with E-state index in [1.165, 1.54) is 5.75 Å². The molecule has 0 saturated carbocycles. The highest BCUT2D eigenvalue weighted by Crippen LogP contribution is 2.41. The minimum Gasteiger partial charge on any atom is -0.481 e. The van der Waals surface area contributed by atoms with Crippen molar-refractivity contribution < 1.29 is 9.90 Å². The van der Waals surface area contributed by atoms with Gasteiger partial charge in [0.05, 0.1) is 11.2 Å². The normalized spacial score (nSPS) is 29.8. The Kier molecular flexibility index (Phi) is 4.21. The van der Waals surface area contributed by atoms with Crippen LogP contribution in [0.5, 0.6) is 0 Å². The van der Waals surface area contributed by atoms with E-state index in [1.807, 2.05) is 29.7 Å². The molecule has 1 N–H and O–H groups in total. The molecule has 2 aliphatic rings. The zero-order valence-electron chi connectivity index (χ0n) is 11.4. The van der Waals surface area contributed by atoms with Gasteiger partial charge in [-0.2, -0.15) is 11.8 Å². The molecule has 1 aromatic rings. The molecule has 3 rings (SSSR count). The molecule has 1 aromatic heterocycles. The van der Waals surface area contributed by atoms with Crippen LogP contribution in [0.15, 0.2) is 6.20 Å². The average Bonchev–Trinajstić information content (AvgIpc) is 2.46. The third kappa shape index (κ3) is 2.81. The summed E-state index contributed by atoms with van der Waals surface area (Å²) < 4.78 is 0. The molecule has 3 unspecified atom stereocenters. The van der Waals surface area contributed by atoms with Gasteiger partial charge in [-0.15, -0.1) is 11.8 Å². The number of hydrogen-bond acceptors (Lipinski definition) is 5. The number of thioether (sulfide) groups is 2. The quantitative estimate of drug-likeness (QED) is 0.906. The Hall–Kier alpha value is -0.750. The minimum atomic E-state index is -0.701. The van der Waals surface area contributed by atoms with Gasteiger partial charge in [0.2, 0.25) is 0 Å². The summed E-state index contributed by atoms with van der Waals surface area (Å²) in [6.45, 7) is 2.24. The van der Waals surface area contributed by atoms with Crippen molar-refractivity contribution in [2.75, 3.05) is 11.5 Å². The SMILES string of the molecule is CC1SCCSC1c1ncc2c(n1)CCC(C(=O)O)C2. The molecule has 0 aromatic carbocycles. The number of hydrogen-bond donors (Lipinski definition) is 1. The van der Waals surface area contributed by atoms with Crippen molar-refractivity contribution >= 4 is 29.5 Å². The smallest absolute Gasteiger partial charge is 0.306 e. The monoisotopic (exact) mass is 310 g/mol. The topological polar surface area (TPSA) is 63.1 Å². The Balaban J connectivity index is 1.81. The highest BCUT2D eigenvalue weighted by atomic mass is 32.2. The summed E-state index contributed by atoms with van der Waals surface area (Å²) in [5.74, 6) is 2.32. The molecule has 20 heavy (non-hydrogen) atoms. The molecule has 4 nitrogen and oxygen atoms in total. The van der Waals surface area contributed by atoms with Crippen molar-refractivity contribution in [2.24, 2.45) is 5.92 Å². The Morgan fingerprint density at radius 1 is 1.40 bits per heavy atom. The highest BCUT2D eigenvalue weighted by molar-refractivity contribution is 8.06. The van der Waals surface area contributed by atoms with Crippen LogP contribution in [0.1, 0.15) is 35.7 Å². The van der Waals surface area contributed by atoms with E-state index in [1.54, 1.807) is 0 Å². The summed E-state index contributed by atoms with van der Waals surface area (Å²) in [7, 11) is 0. The predicted octanol–water partition coefficient (Wildman–Crippen LogP) is 2.58. The number of fused-ring (bicyclic) bond motifs is 1. The Morgan fingerprint density at radius 3 is 2.95 bits per heavy atom. The Morgan fingerprint density at radius 2 is 2.20 bits per heavy atom. The van der Waals surface area contributed by atoms with Crippen molar-refractivity contribution in [3.63, 3.8) is 0 Å². The average molecular weight is 310 g/mol. The van der Waals surface area contributed by atoms with E-state index in [9.17, 15) is 4.79 Å². The fourth-order valence-electron chi connectivity index (χ4n) is 2.79. The summed E-state index contributed by atoms with van der Waals surface area (Å²) in [6, 6.07) is 0. The van der Waals surface area contributed by atoms with Crippen LogP contribution in [0.2, 0.25) is 0 Å². The second-order valence-corrected chi connectivity index (χ2v) is 8.08. The van der Waals surface area contributed by atoms with Gasteiger partial charge in [-0.25, -0.2) is 9.97 Å². The fraction of sp³-hybridized carbons (Fsp3) is 0.643. The van der Waals surface area contributed by atoms with E-state index in [0.717, 1.165) is 29.3 Å². The zero-order chi connectivity index (χ0) is 14.1. The van der Waals surface area contributed by atoms with Crippen LogP contribution in [0, 0.1) is 5.92 Å². The van der Waals surface area contributed by atoms with Crippen LogP contribution in [0.3, 0.4) is 0 Å². The van der Waals surface area contributed by atoms with Crippen molar-refractivity contribution in [2.45, 2.75) is 36.7 Å². The molecule has 1 fully saturated rings. The summed E-state index contributed by atoms with van der Waals surface area (Å²) in [5.41, 5.74) is 2.09. The summed E-state index contributed by atoms with van der Waals surface area (Å²) >= 11 is 3.92. The molecule has 0 spiro atoms. The summed E-state index contributed by atoms with van der Waals surface area (Å²) in [6.07, 6.45) is 3.90. The number of aryl methyl sites for hydroxylation is 1. The predicted molar refractivity (Wildman–Crippen MR) is 82.3 cm³/mol. The number of aromatic nitrogens is 2. The van der Waals surface area contributed by atoms with Crippen LogP contribution in [0.4, 0.5) is 0 Å². The second kappa shape index (κ2) is 5.93.